The van der Waals surface area contributed by atoms with Crippen molar-refractivity contribution < 1.29 is 0 Å². The molecule has 0 bridgehead atoms. The van der Waals surface area contributed by atoms with E-state index in [0.29, 0.717) is 26.9 Å². The molecule has 4 nitrogen and oxygen atoms in total. The zero-order valence-electron chi connectivity index (χ0n) is 9.42. The van der Waals surface area contributed by atoms with E-state index in [1.54, 1.807) is 31.3 Å². The monoisotopic (exact) mass is 277 g/mol. The molecule has 18 heavy (non-hydrogen) atoms. The molecule has 0 unspecified atom stereocenters. The Morgan fingerprint density at radius 3 is 2.94 bits per heavy atom. The lowest BCUT2D eigenvalue weighted by atomic mass is 10.2. The summed E-state index contributed by atoms with van der Waals surface area (Å²) >= 11 is 7.31. The Morgan fingerprint density at radius 2 is 2.22 bits per heavy atom. The molecule has 0 spiro atoms. The van der Waals surface area contributed by atoms with Crippen molar-refractivity contribution in [2.75, 3.05) is 0 Å². The van der Waals surface area contributed by atoms with E-state index in [1.807, 2.05) is 5.38 Å². The lowest BCUT2D eigenvalue weighted by molar-refractivity contribution is 0.885. The van der Waals surface area contributed by atoms with Gasteiger partial charge in [0.1, 0.15) is 5.82 Å². The molecule has 2 heterocycles. The van der Waals surface area contributed by atoms with Crippen LogP contribution < -0.4 is 5.56 Å². The van der Waals surface area contributed by atoms with E-state index in [-0.39, 0.29) is 5.56 Å². The van der Waals surface area contributed by atoms with E-state index in [4.69, 9.17) is 11.6 Å². The molecule has 0 saturated carbocycles. The van der Waals surface area contributed by atoms with Crippen molar-refractivity contribution in [3.63, 3.8) is 0 Å². The highest BCUT2D eigenvalue weighted by atomic mass is 35.5. The van der Waals surface area contributed by atoms with Crippen molar-refractivity contribution in [3.05, 3.63) is 51.0 Å². The van der Waals surface area contributed by atoms with Crippen molar-refractivity contribution in [3.8, 4) is 5.13 Å². The molecule has 0 N–H and O–H groups in total. The minimum Gasteiger partial charge on any atom is -0.268 e. The average molecular weight is 278 g/mol. The first kappa shape index (κ1) is 11.4. The maximum absolute atomic E-state index is 12.4. The number of rotatable bonds is 1. The molecule has 3 aromatic rings. The quantitative estimate of drug-likeness (QED) is 0.687. The number of aromatic nitrogens is 3. The van der Waals surface area contributed by atoms with E-state index in [2.05, 4.69) is 9.97 Å². The minimum atomic E-state index is -0.121. The van der Waals surface area contributed by atoms with Crippen LogP contribution in [0.2, 0.25) is 5.02 Å². The second-order valence-electron chi connectivity index (χ2n) is 3.78. The number of hydrogen-bond donors (Lipinski definition) is 0. The molecule has 6 heteroatoms. The summed E-state index contributed by atoms with van der Waals surface area (Å²) in [5.41, 5.74) is 0.488. The fraction of sp³-hybridized carbons (Fsp3) is 0.0833. The summed E-state index contributed by atoms with van der Waals surface area (Å²) in [6.07, 6.45) is 1.66. The summed E-state index contributed by atoms with van der Waals surface area (Å²) in [6.45, 7) is 1.78. The number of thiazole rings is 1. The van der Waals surface area contributed by atoms with Crippen LogP contribution >= 0.6 is 22.9 Å². The summed E-state index contributed by atoms with van der Waals surface area (Å²) in [5.74, 6) is 0.602. The SMILES string of the molecule is Cc1nc2cc(Cl)ccc2c(=O)n1-c1nccs1. The van der Waals surface area contributed by atoms with Gasteiger partial charge in [0.15, 0.2) is 5.13 Å². The van der Waals surface area contributed by atoms with Crippen LogP contribution in [-0.2, 0) is 0 Å². The first-order valence-electron chi connectivity index (χ1n) is 5.25. The van der Waals surface area contributed by atoms with E-state index < -0.39 is 0 Å². The zero-order valence-corrected chi connectivity index (χ0v) is 11.0. The number of fused-ring (bicyclic) bond motifs is 1. The van der Waals surface area contributed by atoms with E-state index in [1.165, 1.54) is 15.9 Å². The molecule has 0 aliphatic heterocycles. The summed E-state index contributed by atoms with van der Waals surface area (Å²) in [4.78, 5) is 21.0. The Morgan fingerprint density at radius 1 is 1.39 bits per heavy atom. The van der Waals surface area contributed by atoms with Gasteiger partial charge in [0.05, 0.1) is 10.9 Å². The fourth-order valence-electron chi connectivity index (χ4n) is 1.82. The van der Waals surface area contributed by atoms with Crippen molar-refractivity contribution in [1.82, 2.24) is 14.5 Å². The van der Waals surface area contributed by atoms with Gasteiger partial charge in [-0.1, -0.05) is 11.6 Å². The van der Waals surface area contributed by atoms with Crippen LogP contribution in [0.4, 0.5) is 0 Å². The van der Waals surface area contributed by atoms with E-state index >= 15 is 0 Å². The average Bonchev–Trinajstić information content (AvgIpc) is 2.82. The third-order valence-electron chi connectivity index (χ3n) is 2.61. The lowest BCUT2D eigenvalue weighted by Crippen LogP contribution is -2.22. The van der Waals surface area contributed by atoms with Gasteiger partial charge in [0.2, 0.25) is 0 Å². The molecule has 0 saturated heterocycles. The van der Waals surface area contributed by atoms with Gasteiger partial charge in [0, 0.05) is 16.6 Å². The Bertz CT molecular complexity index is 780. The molecule has 1 aromatic carbocycles. The highest BCUT2D eigenvalue weighted by molar-refractivity contribution is 7.12. The van der Waals surface area contributed by atoms with Crippen LogP contribution in [0, 0.1) is 6.92 Å². The largest absolute Gasteiger partial charge is 0.268 e. The summed E-state index contributed by atoms with van der Waals surface area (Å²) in [6, 6.07) is 5.07. The maximum atomic E-state index is 12.4. The molecule has 0 radical (unpaired) electrons. The number of benzene rings is 1. The molecule has 0 aliphatic rings. The van der Waals surface area contributed by atoms with Crippen molar-refractivity contribution >= 4 is 33.8 Å². The van der Waals surface area contributed by atoms with Crippen LogP contribution in [0.3, 0.4) is 0 Å². The molecule has 0 atom stereocenters. The second-order valence-corrected chi connectivity index (χ2v) is 5.09. The van der Waals surface area contributed by atoms with Crippen molar-refractivity contribution in [2.45, 2.75) is 6.92 Å². The maximum Gasteiger partial charge on any atom is 0.267 e. The van der Waals surface area contributed by atoms with E-state index in [0.717, 1.165) is 0 Å². The summed E-state index contributed by atoms with van der Waals surface area (Å²) in [7, 11) is 0. The predicted octanol–water partition coefficient (Wildman–Crippen LogP) is 2.80. The third-order valence-corrected chi connectivity index (χ3v) is 3.60. The first-order chi connectivity index (χ1) is 8.66. The first-order valence-corrected chi connectivity index (χ1v) is 6.51. The van der Waals surface area contributed by atoms with Crippen molar-refractivity contribution in [2.24, 2.45) is 0 Å². The molecule has 90 valence electrons. The van der Waals surface area contributed by atoms with Gasteiger partial charge < -0.3 is 0 Å². The van der Waals surface area contributed by atoms with Crippen LogP contribution in [0.25, 0.3) is 16.0 Å². The van der Waals surface area contributed by atoms with E-state index in [9.17, 15) is 4.79 Å². The Labute approximate surface area is 112 Å². The summed E-state index contributed by atoms with van der Waals surface area (Å²) in [5, 5.41) is 3.57. The van der Waals surface area contributed by atoms with Gasteiger partial charge in [0.25, 0.3) is 5.56 Å². The van der Waals surface area contributed by atoms with Gasteiger partial charge in [-0.3, -0.25) is 4.79 Å². The Kier molecular flexibility index (Phi) is 2.65. The van der Waals surface area contributed by atoms with Crippen molar-refractivity contribution in [1.29, 1.82) is 0 Å². The number of halogens is 1. The smallest absolute Gasteiger partial charge is 0.267 e. The standard InChI is InChI=1S/C12H8ClN3OS/c1-7-15-10-6-8(13)2-3-9(10)11(17)16(7)12-14-4-5-18-12/h2-6H,1H3. The third kappa shape index (κ3) is 1.72. The molecule has 0 fully saturated rings. The van der Waals surface area contributed by atoms with Crippen LogP contribution in [0.15, 0.2) is 34.6 Å². The topological polar surface area (TPSA) is 47.8 Å². The summed E-state index contributed by atoms with van der Waals surface area (Å²) < 4.78 is 1.51. The molecule has 0 amide bonds. The van der Waals surface area contributed by atoms with Crippen LogP contribution in [-0.4, -0.2) is 14.5 Å². The molecule has 2 aromatic heterocycles. The van der Waals surface area contributed by atoms with Crippen LogP contribution in [0.5, 0.6) is 0 Å². The zero-order chi connectivity index (χ0) is 12.7. The highest BCUT2D eigenvalue weighted by Crippen LogP contribution is 2.17. The molecule has 3 rings (SSSR count). The molecular weight excluding hydrogens is 270 g/mol. The van der Waals surface area contributed by atoms with Gasteiger partial charge in [-0.25, -0.2) is 14.5 Å². The Hall–Kier alpha value is -1.72. The second kappa shape index (κ2) is 4.19. The molecular formula is C12H8ClN3OS. The van der Waals surface area contributed by atoms with Gasteiger partial charge in [-0.15, -0.1) is 11.3 Å². The molecule has 0 aliphatic carbocycles. The lowest BCUT2D eigenvalue weighted by Gasteiger charge is -2.07. The van der Waals surface area contributed by atoms with Gasteiger partial charge in [-0.2, -0.15) is 0 Å². The highest BCUT2D eigenvalue weighted by Gasteiger charge is 2.11. The van der Waals surface area contributed by atoms with Gasteiger partial charge >= 0.3 is 0 Å². The van der Waals surface area contributed by atoms with Crippen LogP contribution in [0.1, 0.15) is 5.82 Å². The number of aryl methyl sites for hydroxylation is 1. The predicted molar refractivity (Wildman–Crippen MR) is 72.8 cm³/mol. The number of hydrogen-bond acceptors (Lipinski definition) is 4. The van der Waals surface area contributed by atoms with Gasteiger partial charge in [-0.05, 0) is 25.1 Å². The fourth-order valence-corrected chi connectivity index (χ4v) is 2.67. The Balaban J connectivity index is 2.42. The number of nitrogens with zero attached hydrogens (tertiary/aromatic N) is 3. The minimum absolute atomic E-state index is 0.121. The normalized spacial score (nSPS) is 11.0.